The van der Waals surface area contributed by atoms with Crippen molar-refractivity contribution in [1.82, 2.24) is 19.4 Å². The number of hydrogen-bond acceptors (Lipinski definition) is 5. The lowest BCUT2D eigenvalue weighted by atomic mass is 9.98. The van der Waals surface area contributed by atoms with E-state index in [1.807, 2.05) is 29.2 Å². The molecule has 1 aromatic carbocycles. The number of carbonyl (C=O) groups is 1. The number of likely N-dealkylation sites (tertiary alicyclic amines) is 1. The van der Waals surface area contributed by atoms with Crippen LogP contribution in [0.15, 0.2) is 53.6 Å². The van der Waals surface area contributed by atoms with Gasteiger partial charge in [-0.25, -0.2) is 9.97 Å². The molecule has 7 nitrogen and oxygen atoms in total. The Hall–Kier alpha value is -3.09. The fourth-order valence-electron chi connectivity index (χ4n) is 3.62. The number of aromatic nitrogens is 3. The number of oxazole rings is 1. The summed E-state index contributed by atoms with van der Waals surface area (Å²) in [6.07, 6.45) is 9.54. The molecule has 1 atom stereocenters. The summed E-state index contributed by atoms with van der Waals surface area (Å²) in [5, 5.41) is 0. The highest BCUT2D eigenvalue weighted by Gasteiger charge is 2.27. The molecule has 0 N–H and O–H groups in total. The van der Waals surface area contributed by atoms with Gasteiger partial charge in [-0.3, -0.25) is 4.79 Å². The zero-order valence-corrected chi connectivity index (χ0v) is 16.0. The maximum absolute atomic E-state index is 12.6. The number of nitrogens with zero attached hydrogens (tertiary/aromatic N) is 4. The van der Waals surface area contributed by atoms with Crippen molar-refractivity contribution in [2.24, 2.45) is 0 Å². The number of carbonyl (C=O) groups excluding carboxylic acids is 1. The van der Waals surface area contributed by atoms with Crippen molar-refractivity contribution in [2.75, 3.05) is 20.2 Å². The number of ether oxygens (including phenoxy) is 1. The van der Waals surface area contributed by atoms with Gasteiger partial charge in [0.2, 0.25) is 5.91 Å². The van der Waals surface area contributed by atoms with Gasteiger partial charge in [0.05, 0.1) is 25.6 Å². The maximum atomic E-state index is 12.6. The first kappa shape index (κ1) is 18.3. The van der Waals surface area contributed by atoms with E-state index in [1.165, 1.54) is 0 Å². The lowest BCUT2D eigenvalue weighted by Crippen LogP contribution is -2.40. The third kappa shape index (κ3) is 4.24. The Bertz CT molecular complexity index is 919. The molecule has 0 bridgehead atoms. The fourth-order valence-corrected chi connectivity index (χ4v) is 3.62. The summed E-state index contributed by atoms with van der Waals surface area (Å²) < 4.78 is 13.1. The molecule has 3 aromatic rings. The van der Waals surface area contributed by atoms with Crippen LogP contribution in [0, 0.1) is 0 Å². The minimum absolute atomic E-state index is 0.103. The average Bonchev–Trinajstić information content (AvgIpc) is 3.40. The van der Waals surface area contributed by atoms with Crippen LogP contribution < -0.4 is 4.74 Å². The van der Waals surface area contributed by atoms with Crippen LogP contribution in [0.1, 0.15) is 36.0 Å². The van der Waals surface area contributed by atoms with Crippen molar-refractivity contribution < 1.29 is 13.9 Å². The normalized spacial score (nSPS) is 16.9. The second-order valence-corrected chi connectivity index (χ2v) is 7.11. The zero-order chi connectivity index (χ0) is 19.3. The minimum atomic E-state index is 0.103. The van der Waals surface area contributed by atoms with E-state index in [0.29, 0.717) is 19.5 Å². The van der Waals surface area contributed by atoms with E-state index >= 15 is 0 Å². The first-order chi connectivity index (χ1) is 13.7. The van der Waals surface area contributed by atoms with Gasteiger partial charge in [0.25, 0.3) is 0 Å². The third-order valence-electron chi connectivity index (χ3n) is 5.08. The van der Waals surface area contributed by atoms with Crippen molar-refractivity contribution in [3.63, 3.8) is 0 Å². The largest absolute Gasteiger partial charge is 0.497 e. The summed E-state index contributed by atoms with van der Waals surface area (Å²) in [7, 11) is 1.66. The molecule has 0 radical (unpaired) electrons. The van der Waals surface area contributed by atoms with Gasteiger partial charge in [-0.15, -0.1) is 0 Å². The molecule has 0 aliphatic carbocycles. The molecule has 1 amide bonds. The minimum Gasteiger partial charge on any atom is -0.497 e. The predicted octanol–water partition coefficient (Wildman–Crippen LogP) is 2.88. The Morgan fingerprint density at radius 3 is 3.14 bits per heavy atom. The number of rotatable bonds is 6. The molecule has 4 rings (SSSR count). The Kier molecular flexibility index (Phi) is 5.41. The van der Waals surface area contributed by atoms with Crippen LogP contribution in [0.5, 0.6) is 5.75 Å². The Morgan fingerprint density at radius 2 is 2.32 bits per heavy atom. The van der Waals surface area contributed by atoms with Gasteiger partial charge in [0.1, 0.15) is 18.1 Å². The standard InChI is InChI=1S/C21H24N4O3/c1-27-18-6-2-4-16(10-18)11-19-12-23-21(28-19)17-5-3-8-25(13-17)20(26)14-24-9-7-22-15-24/h2,4,6-7,9-10,12,15,17H,3,5,8,11,13-14H2,1H3/t17-/m1/s1. The zero-order valence-electron chi connectivity index (χ0n) is 16.0. The molecule has 3 heterocycles. The second kappa shape index (κ2) is 8.29. The number of hydrogen-bond donors (Lipinski definition) is 0. The number of methoxy groups -OCH3 is 1. The van der Waals surface area contributed by atoms with Gasteiger partial charge < -0.3 is 18.6 Å². The monoisotopic (exact) mass is 380 g/mol. The molecular formula is C21H24N4O3. The van der Waals surface area contributed by atoms with E-state index in [9.17, 15) is 4.79 Å². The lowest BCUT2D eigenvalue weighted by Gasteiger charge is -2.31. The van der Waals surface area contributed by atoms with E-state index in [0.717, 1.165) is 42.4 Å². The van der Waals surface area contributed by atoms with Crippen LogP contribution >= 0.6 is 0 Å². The van der Waals surface area contributed by atoms with E-state index in [-0.39, 0.29) is 11.8 Å². The maximum Gasteiger partial charge on any atom is 0.242 e. The van der Waals surface area contributed by atoms with Gasteiger partial charge in [0, 0.05) is 31.9 Å². The molecule has 0 spiro atoms. The summed E-state index contributed by atoms with van der Waals surface area (Å²) in [5.74, 6) is 2.62. The summed E-state index contributed by atoms with van der Waals surface area (Å²) >= 11 is 0. The molecule has 146 valence electrons. The Balaban J connectivity index is 1.39. The van der Waals surface area contributed by atoms with E-state index in [1.54, 1.807) is 36.6 Å². The van der Waals surface area contributed by atoms with Crippen molar-refractivity contribution in [3.8, 4) is 5.75 Å². The first-order valence-corrected chi connectivity index (χ1v) is 9.52. The predicted molar refractivity (Wildman–Crippen MR) is 103 cm³/mol. The number of benzene rings is 1. The van der Waals surface area contributed by atoms with Crippen molar-refractivity contribution in [1.29, 1.82) is 0 Å². The fraction of sp³-hybridized carbons (Fsp3) is 0.381. The first-order valence-electron chi connectivity index (χ1n) is 9.52. The van der Waals surface area contributed by atoms with Crippen LogP contribution in [-0.2, 0) is 17.8 Å². The number of imidazole rings is 1. The topological polar surface area (TPSA) is 73.4 Å². The van der Waals surface area contributed by atoms with E-state index in [4.69, 9.17) is 9.15 Å². The van der Waals surface area contributed by atoms with E-state index in [2.05, 4.69) is 9.97 Å². The van der Waals surface area contributed by atoms with Gasteiger partial charge >= 0.3 is 0 Å². The van der Waals surface area contributed by atoms with E-state index < -0.39 is 0 Å². The third-order valence-corrected chi connectivity index (χ3v) is 5.08. The van der Waals surface area contributed by atoms with Crippen LogP contribution in [0.4, 0.5) is 0 Å². The molecule has 7 heteroatoms. The summed E-state index contributed by atoms with van der Waals surface area (Å²) in [4.78, 5) is 23.0. The van der Waals surface area contributed by atoms with Gasteiger partial charge in [0.15, 0.2) is 5.89 Å². The molecule has 1 fully saturated rings. The molecule has 0 unspecified atom stereocenters. The van der Waals surface area contributed by atoms with Gasteiger partial charge in [-0.1, -0.05) is 12.1 Å². The van der Waals surface area contributed by atoms with Crippen molar-refractivity contribution in [2.45, 2.75) is 31.7 Å². The van der Waals surface area contributed by atoms with Gasteiger partial charge in [-0.2, -0.15) is 0 Å². The van der Waals surface area contributed by atoms with Crippen LogP contribution in [0.25, 0.3) is 0 Å². The molecule has 1 aliphatic rings. The summed E-state index contributed by atoms with van der Waals surface area (Å²) in [6, 6.07) is 7.93. The highest BCUT2D eigenvalue weighted by molar-refractivity contribution is 5.76. The summed E-state index contributed by atoms with van der Waals surface area (Å²) in [6.45, 7) is 1.74. The average molecular weight is 380 g/mol. The molecule has 1 saturated heterocycles. The Morgan fingerprint density at radius 1 is 1.39 bits per heavy atom. The van der Waals surface area contributed by atoms with Crippen LogP contribution in [0.3, 0.4) is 0 Å². The van der Waals surface area contributed by atoms with Crippen LogP contribution in [0.2, 0.25) is 0 Å². The molecule has 0 saturated carbocycles. The lowest BCUT2D eigenvalue weighted by molar-refractivity contribution is -0.133. The number of piperidine rings is 1. The van der Waals surface area contributed by atoms with Gasteiger partial charge in [-0.05, 0) is 30.5 Å². The quantitative estimate of drug-likeness (QED) is 0.657. The smallest absolute Gasteiger partial charge is 0.242 e. The molecule has 2 aromatic heterocycles. The molecular weight excluding hydrogens is 356 g/mol. The van der Waals surface area contributed by atoms with Crippen molar-refractivity contribution >= 4 is 5.91 Å². The Labute approximate surface area is 164 Å². The summed E-state index contributed by atoms with van der Waals surface area (Å²) in [5.41, 5.74) is 1.11. The van der Waals surface area contributed by atoms with Crippen molar-refractivity contribution in [3.05, 3.63) is 66.4 Å². The molecule has 28 heavy (non-hydrogen) atoms. The molecule has 1 aliphatic heterocycles. The number of amides is 1. The van der Waals surface area contributed by atoms with Crippen LogP contribution in [-0.4, -0.2) is 45.5 Å². The highest BCUT2D eigenvalue weighted by Crippen LogP contribution is 2.27. The second-order valence-electron chi connectivity index (χ2n) is 7.11. The highest BCUT2D eigenvalue weighted by atomic mass is 16.5. The SMILES string of the molecule is COc1cccc(Cc2cnc([C@@H]3CCCN(C(=O)Cn4ccnc4)C3)o2)c1.